The molecule has 0 spiro atoms. The number of carbonyl (C=O) groups is 3. The molecule has 1 aromatic carbocycles. The van der Waals surface area contributed by atoms with E-state index in [0.717, 1.165) is 11.0 Å². The number of para-hydroxylation sites is 1. The van der Waals surface area contributed by atoms with E-state index in [4.69, 9.17) is 5.11 Å². The first kappa shape index (κ1) is 15.7. The van der Waals surface area contributed by atoms with Gasteiger partial charge < -0.3 is 15.2 Å². The predicted octanol–water partition coefficient (Wildman–Crippen LogP) is 0.00640. The molecule has 124 valence electrons. The third-order valence-electron chi connectivity index (χ3n) is 3.58. The number of H-pyrrole nitrogens is 1. The molecular formula is C15H14N4O5. The number of aromatic nitrogens is 2. The zero-order valence-electron chi connectivity index (χ0n) is 12.7. The minimum Gasteiger partial charge on any atom is -0.464 e. The van der Waals surface area contributed by atoms with Gasteiger partial charge in [-0.3, -0.25) is 19.6 Å². The number of fused-ring (bicyclic) bond motifs is 1. The normalized spacial score (nSPS) is 14.2. The standard InChI is InChI=1S/C15H14N4O5/c1-24-15(23)13-8-3-2-4-9(12(8)17-18-13)16-10-7-11(21)19(5-6-20)14(10)22/h2-4,7,16,20H,5-6H2,1H3,(H,17,18). The highest BCUT2D eigenvalue weighted by Gasteiger charge is 2.31. The number of aliphatic hydroxyl groups is 1. The quantitative estimate of drug-likeness (QED) is 0.521. The molecule has 3 rings (SSSR count). The highest BCUT2D eigenvalue weighted by Crippen LogP contribution is 2.26. The summed E-state index contributed by atoms with van der Waals surface area (Å²) in [7, 11) is 1.26. The van der Waals surface area contributed by atoms with Crippen LogP contribution in [0.4, 0.5) is 5.69 Å². The SMILES string of the molecule is COC(=O)c1[nH]nc2c(NC3=CC(=O)N(CCO)C3=O)cccc12. The summed E-state index contributed by atoms with van der Waals surface area (Å²) in [6.45, 7) is -0.380. The van der Waals surface area contributed by atoms with E-state index in [-0.39, 0.29) is 24.5 Å². The Bertz CT molecular complexity index is 870. The average molecular weight is 330 g/mol. The maximum absolute atomic E-state index is 12.2. The van der Waals surface area contributed by atoms with Crippen molar-refractivity contribution in [1.29, 1.82) is 0 Å². The molecule has 0 aliphatic carbocycles. The van der Waals surface area contributed by atoms with E-state index in [1.807, 2.05) is 0 Å². The van der Waals surface area contributed by atoms with Crippen LogP contribution in [-0.4, -0.2) is 58.2 Å². The summed E-state index contributed by atoms with van der Waals surface area (Å²) in [5, 5.41) is 19.0. The molecule has 2 aromatic rings. The van der Waals surface area contributed by atoms with Crippen LogP contribution in [0.5, 0.6) is 0 Å². The molecule has 1 aliphatic rings. The fourth-order valence-electron chi connectivity index (χ4n) is 2.45. The minimum absolute atomic E-state index is 0.0710. The van der Waals surface area contributed by atoms with Crippen molar-refractivity contribution in [1.82, 2.24) is 15.1 Å². The van der Waals surface area contributed by atoms with Crippen LogP contribution in [0, 0.1) is 0 Å². The first-order valence-electron chi connectivity index (χ1n) is 7.07. The van der Waals surface area contributed by atoms with Gasteiger partial charge in [0.05, 0.1) is 25.9 Å². The topological polar surface area (TPSA) is 125 Å². The van der Waals surface area contributed by atoms with E-state index in [0.29, 0.717) is 16.6 Å². The summed E-state index contributed by atoms with van der Waals surface area (Å²) in [5.41, 5.74) is 1.15. The zero-order valence-corrected chi connectivity index (χ0v) is 12.7. The van der Waals surface area contributed by atoms with Gasteiger partial charge in [-0.25, -0.2) is 4.79 Å². The summed E-state index contributed by atoms with van der Waals surface area (Å²) in [6.07, 6.45) is 1.16. The monoisotopic (exact) mass is 330 g/mol. The summed E-state index contributed by atoms with van der Waals surface area (Å²) >= 11 is 0. The number of carbonyl (C=O) groups excluding carboxylic acids is 3. The number of amides is 2. The number of β-amino-alcohol motifs (C(OH)–C–C–N with tert-alkyl or cyclic N) is 1. The van der Waals surface area contributed by atoms with Crippen LogP contribution < -0.4 is 5.32 Å². The second-order valence-corrected chi connectivity index (χ2v) is 4.99. The van der Waals surface area contributed by atoms with Crippen molar-refractivity contribution < 1.29 is 24.2 Å². The largest absolute Gasteiger partial charge is 0.464 e. The molecule has 1 aromatic heterocycles. The fourth-order valence-corrected chi connectivity index (χ4v) is 2.45. The minimum atomic E-state index is -0.560. The van der Waals surface area contributed by atoms with E-state index >= 15 is 0 Å². The molecule has 0 atom stereocenters. The Balaban J connectivity index is 1.93. The molecule has 9 heteroatoms. The highest BCUT2D eigenvalue weighted by atomic mass is 16.5. The summed E-state index contributed by atoms with van der Waals surface area (Å²) in [5.74, 6) is -1.59. The zero-order chi connectivity index (χ0) is 17.3. The van der Waals surface area contributed by atoms with Crippen molar-refractivity contribution in [2.75, 3.05) is 25.6 Å². The van der Waals surface area contributed by atoms with E-state index < -0.39 is 17.8 Å². The number of ether oxygens (including phenoxy) is 1. The number of nitrogens with zero attached hydrogens (tertiary/aromatic N) is 2. The second kappa shape index (κ2) is 6.13. The molecule has 2 heterocycles. The third kappa shape index (κ3) is 2.50. The summed E-state index contributed by atoms with van der Waals surface area (Å²) < 4.78 is 4.68. The van der Waals surface area contributed by atoms with E-state index in [1.54, 1.807) is 18.2 Å². The summed E-state index contributed by atoms with van der Waals surface area (Å²) in [4.78, 5) is 36.6. The van der Waals surface area contributed by atoms with E-state index in [9.17, 15) is 14.4 Å². The Hall–Kier alpha value is -3.20. The smallest absolute Gasteiger partial charge is 0.356 e. The third-order valence-corrected chi connectivity index (χ3v) is 3.58. The van der Waals surface area contributed by atoms with Crippen LogP contribution >= 0.6 is 0 Å². The number of hydrogen-bond acceptors (Lipinski definition) is 7. The molecule has 9 nitrogen and oxygen atoms in total. The van der Waals surface area contributed by atoms with Crippen LogP contribution in [0.3, 0.4) is 0 Å². The fraction of sp³-hybridized carbons (Fsp3) is 0.200. The number of imide groups is 1. The lowest BCUT2D eigenvalue weighted by atomic mass is 10.2. The van der Waals surface area contributed by atoms with Crippen molar-refractivity contribution in [2.24, 2.45) is 0 Å². The Kier molecular flexibility index (Phi) is 4.00. The van der Waals surface area contributed by atoms with Crippen LogP contribution in [0.15, 0.2) is 30.0 Å². The number of aliphatic hydroxyl groups excluding tert-OH is 1. The lowest BCUT2D eigenvalue weighted by Gasteiger charge is -2.13. The number of esters is 1. The number of nitrogens with one attached hydrogen (secondary N) is 2. The molecule has 0 saturated heterocycles. The number of aromatic amines is 1. The van der Waals surface area contributed by atoms with Gasteiger partial charge in [0, 0.05) is 11.5 Å². The van der Waals surface area contributed by atoms with Crippen LogP contribution in [-0.2, 0) is 14.3 Å². The number of benzene rings is 1. The molecule has 24 heavy (non-hydrogen) atoms. The molecule has 0 radical (unpaired) electrons. The first-order valence-corrected chi connectivity index (χ1v) is 7.07. The number of rotatable bonds is 5. The van der Waals surface area contributed by atoms with Crippen LogP contribution in [0.1, 0.15) is 10.5 Å². The van der Waals surface area contributed by atoms with E-state index in [1.165, 1.54) is 7.11 Å². The van der Waals surface area contributed by atoms with Crippen LogP contribution in [0.25, 0.3) is 10.9 Å². The van der Waals surface area contributed by atoms with Gasteiger partial charge in [0.1, 0.15) is 11.2 Å². The van der Waals surface area contributed by atoms with E-state index in [2.05, 4.69) is 20.3 Å². The Labute approximate surface area is 135 Å². The number of anilines is 1. The van der Waals surface area contributed by atoms with Gasteiger partial charge >= 0.3 is 5.97 Å². The lowest BCUT2D eigenvalue weighted by Crippen LogP contribution is -2.34. The molecule has 0 bridgehead atoms. The van der Waals surface area contributed by atoms with Gasteiger partial charge in [-0.1, -0.05) is 12.1 Å². The van der Waals surface area contributed by atoms with Gasteiger partial charge in [0.15, 0.2) is 5.69 Å². The maximum atomic E-state index is 12.2. The van der Waals surface area contributed by atoms with Gasteiger partial charge in [-0.2, -0.15) is 5.10 Å². The van der Waals surface area contributed by atoms with Crippen molar-refractivity contribution in [3.05, 3.63) is 35.7 Å². The maximum Gasteiger partial charge on any atom is 0.356 e. The van der Waals surface area contributed by atoms with Crippen molar-refractivity contribution >= 4 is 34.4 Å². The van der Waals surface area contributed by atoms with Gasteiger partial charge in [-0.15, -0.1) is 0 Å². The highest BCUT2D eigenvalue weighted by molar-refractivity contribution is 6.18. The lowest BCUT2D eigenvalue weighted by molar-refractivity contribution is -0.137. The molecular weight excluding hydrogens is 316 g/mol. The van der Waals surface area contributed by atoms with Crippen molar-refractivity contribution in [3.8, 4) is 0 Å². The molecule has 0 fully saturated rings. The van der Waals surface area contributed by atoms with Crippen LogP contribution in [0.2, 0.25) is 0 Å². The first-order chi connectivity index (χ1) is 11.6. The molecule has 3 N–H and O–H groups in total. The Morgan fingerprint density at radius 1 is 1.42 bits per heavy atom. The number of methoxy groups -OCH3 is 1. The van der Waals surface area contributed by atoms with Gasteiger partial charge in [-0.05, 0) is 6.07 Å². The predicted molar refractivity (Wildman–Crippen MR) is 82.9 cm³/mol. The van der Waals surface area contributed by atoms with Gasteiger partial charge in [0.25, 0.3) is 11.8 Å². The molecule has 2 amide bonds. The molecule has 1 aliphatic heterocycles. The summed E-state index contributed by atoms with van der Waals surface area (Å²) in [6, 6.07) is 5.03. The van der Waals surface area contributed by atoms with Gasteiger partial charge in [0.2, 0.25) is 0 Å². The number of hydrogen-bond donors (Lipinski definition) is 3. The van der Waals surface area contributed by atoms with Crippen molar-refractivity contribution in [2.45, 2.75) is 0 Å². The Morgan fingerprint density at radius 2 is 2.21 bits per heavy atom. The molecule has 0 unspecified atom stereocenters. The Morgan fingerprint density at radius 3 is 2.92 bits per heavy atom. The second-order valence-electron chi connectivity index (χ2n) is 4.99. The van der Waals surface area contributed by atoms with Crippen molar-refractivity contribution in [3.63, 3.8) is 0 Å². The average Bonchev–Trinajstić information content (AvgIpc) is 3.12. The molecule has 0 saturated carbocycles.